The Morgan fingerprint density at radius 2 is 2.00 bits per heavy atom. The van der Waals surface area contributed by atoms with Crippen LogP contribution in [0.2, 0.25) is 0 Å². The van der Waals surface area contributed by atoms with Gasteiger partial charge in [0.1, 0.15) is 5.82 Å². The molecule has 0 atom stereocenters. The fraction of sp³-hybridized carbons (Fsp3) is 0.357. The van der Waals surface area contributed by atoms with Crippen molar-refractivity contribution in [2.75, 3.05) is 5.73 Å². The molecule has 1 aromatic heterocycles. The summed E-state index contributed by atoms with van der Waals surface area (Å²) in [5, 5.41) is 0. The maximum Gasteiger partial charge on any atom is 0.139 e. The predicted molar refractivity (Wildman–Crippen MR) is 69.4 cm³/mol. The van der Waals surface area contributed by atoms with Gasteiger partial charge in [-0.05, 0) is 43.0 Å². The quantitative estimate of drug-likeness (QED) is 0.819. The van der Waals surface area contributed by atoms with Crippen molar-refractivity contribution in [2.24, 2.45) is 5.92 Å². The maximum absolute atomic E-state index is 5.70. The van der Waals surface area contributed by atoms with Gasteiger partial charge in [-0.15, -0.1) is 0 Å². The van der Waals surface area contributed by atoms with E-state index in [-0.39, 0.29) is 0 Å². The zero-order valence-electron chi connectivity index (χ0n) is 9.84. The van der Waals surface area contributed by atoms with Gasteiger partial charge in [-0.1, -0.05) is 6.42 Å². The molecule has 1 aromatic carbocycles. The topological polar surface area (TPSA) is 43.8 Å². The van der Waals surface area contributed by atoms with Gasteiger partial charge in [0.25, 0.3) is 0 Å². The van der Waals surface area contributed by atoms with Crippen molar-refractivity contribution in [3.63, 3.8) is 0 Å². The van der Waals surface area contributed by atoms with Crippen molar-refractivity contribution in [2.45, 2.75) is 25.8 Å². The second-order valence-electron chi connectivity index (χ2n) is 4.82. The van der Waals surface area contributed by atoms with Crippen LogP contribution in [0.5, 0.6) is 0 Å². The number of anilines is 1. The first kappa shape index (κ1) is 10.4. The maximum atomic E-state index is 5.70. The number of nitrogen functional groups attached to an aromatic ring is 1. The minimum Gasteiger partial charge on any atom is -0.399 e. The Balaban J connectivity index is 1.86. The first-order chi connectivity index (χ1) is 8.33. The Bertz CT molecular complexity index is 494. The van der Waals surface area contributed by atoms with Crippen LogP contribution in [0.25, 0.3) is 11.4 Å². The number of benzene rings is 1. The van der Waals surface area contributed by atoms with Gasteiger partial charge < -0.3 is 10.3 Å². The molecule has 1 aliphatic carbocycles. The van der Waals surface area contributed by atoms with Gasteiger partial charge >= 0.3 is 0 Å². The predicted octanol–water partition coefficient (Wildman–Crippen LogP) is 2.93. The van der Waals surface area contributed by atoms with E-state index in [0.29, 0.717) is 0 Å². The lowest BCUT2D eigenvalue weighted by Gasteiger charge is -2.26. The highest BCUT2D eigenvalue weighted by Crippen LogP contribution is 2.29. The Morgan fingerprint density at radius 3 is 2.65 bits per heavy atom. The lowest BCUT2D eigenvalue weighted by molar-refractivity contribution is 0.277. The molecule has 0 bridgehead atoms. The molecule has 1 heterocycles. The van der Waals surface area contributed by atoms with Gasteiger partial charge in [-0.3, -0.25) is 0 Å². The first-order valence-electron chi connectivity index (χ1n) is 6.20. The molecule has 0 spiro atoms. The standard InChI is InChI=1S/C14H17N3/c15-13-6-4-12(5-7-13)14-16-8-9-17(14)10-11-2-1-3-11/h4-9,11H,1-3,10,15H2. The molecule has 88 valence electrons. The van der Waals surface area contributed by atoms with E-state index in [4.69, 9.17) is 5.73 Å². The number of nitrogens with zero attached hydrogens (tertiary/aromatic N) is 2. The van der Waals surface area contributed by atoms with E-state index in [1.54, 1.807) is 0 Å². The van der Waals surface area contributed by atoms with Gasteiger partial charge in [0.05, 0.1) is 0 Å². The number of hydrogen-bond donors (Lipinski definition) is 1. The van der Waals surface area contributed by atoms with Crippen LogP contribution in [0.1, 0.15) is 19.3 Å². The van der Waals surface area contributed by atoms with Gasteiger partial charge in [-0.2, -0.15) is 0 Å². The second kappa shape index (κ2) is 4.24. The fourth-order valence-corrected chi connectivity index (χ4v) is 2.30. The molecule has 2 N–H and O–H groups in total. The zero-order valence-corrected chi connectivity index (χ0v) is 9.84. The highest BCUT2D eigenvalue weighted by molar-refractivity contribution is 5.59. The lowest BCUT2D eigenvalue weighted by atomic mass is 9.85. The highest BCUT2D eigenvalue weighted by atomic mass is 15.1. The summed E-state index contributed by atoms with van der Waals surface area (Å²) in [7, 11) is 0. The Hall–Kier alpha value is -1.77. The van der Waals surface area contributed by atoms with Crippen LogP contribution >= 0.6 is 0 Å². The van der Waals surface area contributed by atoms with Crippen LogP contribution in [0.4, 0.5) is 5.69 Å². The fourth-order valence-electron chi connectivity index (χ4n) is 2.30. The average Bonchev–Trinajstić information content (AvgIpc) is 2.73. The summed E-state index contributed by atoms with van der Waals surface area (Å²) < 4.78 is 2.26. The molecule has 3 heteroatoms. The van der Waals surface area contributed by atoms with Gasteiger partial charge in [0, 0.05) is 30.2 Å². The van der Waals surface area contributed by atoms with E-state index in [1.807, 2.05) is 30.5 Å². The third-order valence-electron chi connectivity index (χ3n) is 3.56. The number of hydrogen-bond acceptors (Lipinski definition) is 2. The molecule has 0 radical (unpaired) electrons. The molecule has 0 unspecified atom stereocenters. The van der Waals surface area contributed by atoms with Crippen molar-refractivity contribution in [3.8, 4) is 11.4 Å². The van der Waals surface area contributed by atoms with Crippen LogP contribution in [-0.2, 0) is 6.54 Å². The molecule has 17 heavy (non-hydrogen) atoms. The van der Waals surface area contributed by atoms with Gasteiger partial charge in [0.2, 0.25) is 0 Å². The molecule has 2 aromatic rings. The minimum absolute atomic E-state index is 0.797. The molecule has 1 aliphatic rings. The summed E-state index contributed by atoms with van der Waals surface area (Å²) in [6.45, 7) is 1.10. The Kier molecular flexibility index (Phi) is 2.59. The first-order valence-corrected chi connectivity index (χ1v) is 6.20. The number of aromatic nitrogens is 2. The van der Waals surface area contributed by atoms with Crippen LogP contribution in [-0.4, -0.2) is 9.55 Å². The van der Waals surface area contributed by atoms with Crippen LogP contribution in [0, 0.1) is 5.92 Å². The zero-order chi connectivity index (χ0) is 11.7. The highest BCUT2D eigenvalue weighted by Gasteiger charge is 2.19. The molecule has 0 aliphatic heterocycles. The summed E-state index contributed by atoms with van der Waals surface area (Å²) in [5.74, 6) is 1.90. The van der Waals surface area contributed by atoms with E-state index in [9.17, 15) is 0 Å². The molecule has 1 saturated carbocycles. The molecular weight excluding hydrogens is 210 g/mol. The largest absolute Gasteiger partial charge is 0.399 e. The second-order valence-corrected chi connectivity index (χ2v) is 4.82. The number of nitrogens with two attached hydrogens (primary N) is 1. The molecule has 3 rings (SSSR count). The Labute approximate surface area is 101 Å². The SMILES string of the molecule is Nc1ccc(-c2nccn2CC2CCC2)cc1. The average molecular weight is 227 g/mol. The van der Waals surface area contributed by atoms with Crippen LogP contribution in [0.3, 0.4) is 0 Å². The Morgan fingerprint density at radius 1 is 1.24 bits per heavy atom. The van der Waals surface area contributed by atoms with Crippen molar-refractivity contribution < 1.29 is 0 Å². The molecule has 1 fully saturated rings. The van der Waals surface area contributed by atoms with Gasteiger partial charge in [0.15, 0.2) is 0 Å². The van der Waals surface area contributed by atoms with E-state index >= 15 is 0 Å². The third kappa shape index (κ3) is 2.05. The molecular formula is C14H17N3. The van der Waals surface area contributed by atoms with Crippen molar-refractivity contribution in [1.82, 2.24) is 9.55 Å². The number of rotatable bonds is 3. The monoisotopic (exact) mass is 227 g/mol. The summed E-state index contributed by atoms with van der Waals surface area (Å²) in [5.41, 5.74) is 7.64. The summed E-state index contributed by atoms with van der Waals surface area (Å²) in [4.78, 5) is 4.45. The van der Waals surface area contributed by atoms with E-state index in [2.05, 4.69) is 15.7 Å². The van der Waals surface area contributed by atoms with Gasteiger partial charge in [-0.25, -0.2) is 4.98 Å². The smallest absolute Gasteiger partial charge is 0.139 e. The molecule has 0 saturated heterocycles. The summed E-state index contributed by atoms with van der Waals surface area (Å²) in [6.07, 6.45) is 8.06. The van der Waals surface area contributed by atoms with E-state index in [0.717, 1.165) is 29.5 Å². The summed E-state index contributed by atoms with van der Waals surface area (Å²) in [6, 6.07) is 7.93. The van der Waals surface area contributed by atoms with Crippen LogP contribution < -0.4 is 5.73 Å². The van der Waals surface area contributed by atoms with Crippen molar-refractivity contribution in [3.05, 3.63) is 36.7 Å². The molecule has 3 nitrogen and oxygen atoms in total. The summed E-state index contributed by atoms with van der Waals surface area (Å²) >= 11 is 0. The lowest BCUT2D eigenvalue weighted by Crippen LogP contribution is -2.18. The van der Waals surface area contributed by atoms with Crippen LogP contribution in [0.15, 0.2) is 36.7 Å². The number of imidazole rings is 1. The van der Waals surface area contributed by atoms with Crippen molar-refractivity contribution in [1.29, 1.82) is 0 Å². The van der Waals surface area contributed by atoms with E-state index < -0.39 is 0 Å². The van der Waals surface area contributed by atoms with Crippen molar-refractivity contribution >= 4 is 5.69 Å². The minimum atomic E-state index is 0.797. The van der Waals surface area contributed by atoms with E-state index in [1.165, 1.54) is 19.3 Å². The molecule has 0 amide bonds. The normalized spacial score (nSPS) is 15.8. The third-order valence-corrected chi connectivity index (χ3v) is 3.56.